The maximum absolute atomic E-state index is 13.7. The summed E-state index contributed by atoms with van der Waals surface area (Å²) in [5, 5.41) is 13.3. The third-order valence-electron chi connectivity index (χ3n) is 3.11. The van der Waals surface area contributed by atoms with Gasteiger partial charge in [-0.25, -0.2) is 4.39 Å². The highest BCUT2D eigenvalue weighted by Gasteiger charge is 2.23. The number of pyridine rings is 1. The number of hydrogen-bond donors (Lipinski definition) is 1. The Hall–Kier alpha value is -2.54. The normalized spacial score (nSPS) is 12.3. The van der Waals surface area contributed by atoms with Crippen LogP contribution >= 0.6 is 11.6 Å². The number of rotatable bonds is 3. The Labute approximate surface area is 129 Å². The van der Waals surface area contributed by atoms with Crippen molar-refractivity contribution >= 4 is 17.5 Å². The van der Waals surface area contributed by atoms with Gasteiger partial charge in [0.05, 0.1) is 0 Å². The molecule has 1 aromatic heterocycles. The summed E-state index contributed by atoms with van der Waals surface area (Å²) < 4.78 is 24.3. The number of halogens is 2. The summed E-state index contributed by atoms with van der Waals surface area (Å²) in [5.41, 5.74) is 0.250. The van der Waals surface area contributed by atoms with Crippen molar-refractivity contribution < 1.29 is 23.4 Å². The minimum atomic E-state index is -0.861. The fourth-order valence-electron chi connectivity index (χ4n) is 2.01. The number of nitrogens with one attached hydrogen (secondary N) is 1. The third kappa shape index (κ3) is 2.62. The minimum absolute atomic E-state index is 0.124. The summed E-state index contributed by atoms with van der Waals surface area (Å²) in [6.07, 6.45) is 0.895. The van der Waals surface area contributed by atoms with Gasteiger partial charge in [-0.2, -0.15) is 4.73 Å². The molecule has 3 rings (SSSR count). The van der Waals surface area contributed by atoms with Gasteiger partial charge in [0.2, 0.25) is 6.79 Å². The molecule has 0 radical (unpaired) electrons. The number of benzene rings is 1. The minimum Gasteiger partial charge on any atom is -0.618 e. The van der Waals surface area contributed by atoms with E-state index in [0.29, 0.717) is 11.5 Å². The Morgan fingerprint density at radius 1 is 1.36 bits per heavy atom. The first-order valence-corrected chi connectivity index (χ1v) is 6.68. The van der Waals surface area contributed by atoms with E-state index < -0.39 is 22.4 Å². The van der Waals surface area contributed by atoms with E-state index in [1.165, 1.54) is 0 Å². The maximum Gasteiger partial charge on any atom is 0.302 e. The molecule has 0 unspecified atom stereocenters. The Morgan fingerprint density at radius 3 is 2.95 bits per heavy atom. The standard InChI is InChI=1S/C14H10ClFN2O4/c15-13-12(9(16)3-4-18(13)20)14(19)17-6-8-1-2-10-11(5-8)22-7-21-10/h1-5H,6-7H2,(H,17,19). The van der Waals surface area contributed by atoms with Crippen molar-refractivity contribution in [3.05, 3.63) is 57.8 Å². The highest BCUT2D eigenvalue weighted by Crippen LogP contribution is 2.32. The molecular formula is C14H10ClFN2O4. The van der Waals surface area contributed by atoms with Crippen molar-refractivity contribution in [2.45, 2.75) is 6.54 Å². The molecule has 114 valence electrons. The van der Waals surface area contributed by atoms with Crippen molar-refractivity contribution in [3.63, 3.8) is 0 Å². The van der Waals surface area contributed by atoms with Gasteiger partial charge < -0.3 is 20.0 Å². The summed E-state index contributed by atoms with van der Waals surface area (Å²) >= 11 is 5.66. The van der Waals surface area contributed by atoms with Crippen LogP contribution in [0.1, 0.15) is 15.9 Å². The van der Waals surface area contributed by atoms with Gasteiger partial charge in [-0.1, -0.05) is 6.07 Å². The summed E-state index contributed by atoms with van der Waals surface area (Å²) in [6, 6.07) is 6.05. The zero-order valence-corrected chi connectivity index (χ0v) is 11.9. The molecule has 0 spiro atoms. The average molecular weight is 325 g/mol. The predicted octanol–water partition coefficient (Wildman–Crippen LogP) is 1.77. The van der Waals surface area contributed by atoms with Crippen molar-refractivity contribution in [3.8, 4) is 11.5 Å². The Kier molecular flexibility index (Phi) is 3.72. The number of nitrogens with zero attached hydrogens (tertiary/aromatic N) is 1. The first-order chi connectivity index (χ1) is 10.6. The SMILES string of the molecule is O=C(NCc1ccc2c(c1)OCO2)c1c(F)cc[n+]([O-])c1Cl. The second-order valence-corrected chi connectivity index (χ2v) is 4.88. The van der Waals surface area contributed by atoms with Crippen LogP contribution in [0.4, 0.5) is 4.39 Å². The Morgan fingerprint density at radius 2 is 2.14 bits per heavy atom. The molecule has 1 amide bonds. The highest BCUT2D eigenvalue weighted by atomic mass is 35.5. The molecule has 0 fully saturated rings. The van der Waals surface area contributed by atoms with E-state index in [-0.39, 0.29) is 18.1 Å². The zero-order valence-electron chi connectivity index (χ0n) is 11.1. The molecule has 2 heterocycles. The third-order valence-corrected chi connectivity index (χ3v) is 3.47. The molecule has 8 heteroatoms. The van der Waals surface area contributed by atoms with Crippen LogP contribution in [0.2, 0.25) is 5.15 Å². The molecule has 6 nitrogen and oxygen atoms in total. The summed E-state index contributed by atoms with van der Waals surface area (Å²) in [4.78, 5) is 12.0. The van der Waals surface area contributed by atoms with Gasteiger partial charge in [-0.3, -0.25) is 4.79 Å². The van der Waals surface area contributed by atoms with Crippen LogP contribution < -0.4 is 19.5 Å². The number of ether oxygens (including phenoxy) is 2. The highest BCUT2D eigenvalue weighted by molar-refractivity contribution is 6.31. The molecular weight excluding hydrogens is 315 g/mol. The lowest BCUT2D eigenvalue weighted by atomic mass is 10.2. The number of carbonyl (C=O) groups excluding carboxylic acids is 1. The van der Waals surface area contributed by atoms with Crippen molar-refractivity contribution in [1.29, 1.82) is 0 Å². The lowest BCUT2D eigenvalue weighted by Crippen LogP contribution is -2.33. The van der Waals surface area contributed by atoms with Gasteiger partial charge >= 0.3 is 5.15 Å². The topological polar surface area (TPSA) is 74.5 Å². The molecule has 0 saturated heterocycles. The smallest absolute Gasteiger partial charge is 0.302 e. The molecule has 1 aliphatic rings. The number of carbonyl (C=O) groups is 1. The molecule has 2 aromatic rings. The number of fused-ring (bicyclic) bond motifs is 1. The van der Waals surface area contributed by atoms with E-state index in [4.69, 9.17) is 21.1 Å². The quantitative estimate of drug-likeness (QED) is 0.530. The van der Waals surface area contributed by atoms with Crippen molar-refractivity contribution in [2.75, 3.05) is 6.79 Å². The van der Waals surface area contributed by atoms with E-state index in [1.54, 1.807) is 18.2 Å². The van der Waals surface area contributed by atoms with Crippen LogP contribution in [0.5, 0.6) is 11.5 Å². The van der Waals surface area contributed by atoms with Crippen LogP contribution in [0, 0.1) is 11.0 Å². The number of hydrogen-bond acceptors (Lipinski definition) is 4. The Balaban J connectivity index is 1.74. The second kappa shape index (κ2) is 5.69. The van der Waals surface area contributed by atoms with Crippen LogP contribution in [-0.4, -0.2) is 12.7 Å². The van der Waals surface area contributed by atoms with Gasteiger partial charge in [0.25, 0.3) is 5.91 Å². The molecule has 0 bridgehead atoms. The van der Waals surface area contributed by atoms with E-state index >= 15 is 0 Å². The molecule has 1 aliphatic heterocycles. The molecule has 0 atom stereocenters. The number of aromatic nitrogens is 1. The summed E-state index contributed by atoms with van der Waals surface area (Å²) in [6.45, 7) is 0.276. The fraction of sp³-hybridized carbons (Fsp3) is 0.143. The first kappa shape index (κ1) is 14.4. The van der Waals surface area contributed by atoms with E-state index in [0.717, 1.165) is 17.8 Å². The lowest BCUT2D eigenvalue weighted by Gasteiger charge is -2.08. The van der Waals surface area contributed by atoms with Gasteiger partial charge in [0.1, 0.15) is 5.82 Å². The molecule has 0 aliphatic carbocycles. The largest absolute Gasteiger partial charge is 0.618 e. The maximum atomic E-state index is 13.7. The van der Waals surface area contributed by atoms with Gasteiger partial charge in [-0.15, -0.1) is 0 Å². The van der Waals surface area contributed by atoms with Crippen LogP contribution in [0.25, 0.3) is 0 Å². The lowest BCUT2D eigenvalue weighted by molar-refractivity contribution is -0.603. The molecule has 1 N–H and O–H groups in total. The molecule has 1 aromatic carbocycles. The average Bonchev–Trinajstić information content (AvgIpc) is 2.97. The molecule has 0 saturated carbocycles. The van der Waals surface area contributed by atoms with E-state index in [2.05, 4.69) is 5.32 Å². The van der Waals surface area contributed by atoms with Gasteiger partial charge in [0.15, 0.2) is 23.3 Å². The monoisotopic (exact) mass is 324 g/mol. The van der Waals surface area contributed by atoms with E-state index in [9.17, 15) is 14.4 Å². The summed E-state index contributed by atoms with van der Waals surface area (Å²) in [5.74, 6) is -0.432. The van der Waals surface area contributed by atoms with Crippen molar-refractivity contribution in [1.82, 2.24) is 5.32 Å². The number of amides is 1. The van der Waals surface area contributed by atoms with Crippen LogP contribution in [0.3, 0.4) is 0 Å². The fourth-order valence-corrected chi connectivity index (χ4v) is 2.25. The van der Waals surface area contributed by atoms with Gasteiger partial charge in [0, 0.05) is 12.6 Å². The zero-order chi connectivity index (χ0) is 15.7. The van der Waals surface area contributed by atoms with Crippen molar-refractivity contribution in [2.24, 2.45) is 0 Å². The molecule has 22 heavy (non-hydrogen) atoms. The first-order valence-electron chi connectivity index (χ1n) is 6.30. The van der Waals surface area contributed by atoms with E-state index in [1.807, 2.05) is 0 Å². The van der Waals surface area contributed by atoms with Crippen LogP contribution in [0.15, 0.2) is 30.5 Å². The predicted molar refractivity (Wildman–Crippen MR) is 74.1 cm³/mol. The Bertz CT molecular complexity index is 754. The van der Waals surface area contributed by atoms with Gasteiger partial charge in [-0.05, 0) is 29.3 Å². The summed E-state index contributed by atoms with van der Waals surface area (Å²) in [7, 11) is 0. The second-order valence-electron chi connectivity index (χ2n) is 4.53. The van der Waals surface area contributed by atoms with Crippen LogP contribution in [-0.2, 0) is 6.54 Å².